The number of alkyl carbamates (subject to hydrolysis) is 1. The van der Waals surface area contributed by atoms with Gasteiger partial charge in [0, 0.05) is 18.7 Å². The van der Waals surface area contributed by atoms with Crippen LogP contribution in [0.25, 0.3) is 0 Å². The monoisotopic (exact) mass is 425 g/mol. The number of nitrogens with one attached hydrogen (secondary N) is 3. The number of amides is 3. The van der Waals surface area contributed by atoms with Crippen molar-refractivity contribution in [2.75, 3.05) is 13.2 Å². The van der Waals surface area contributed by atoms with Crippen molar-refractivity contribution in [3.63, 3.8) is 0 Å². The highest BCUT2D eigenvalue weighted by molar-refractivity contribution is 6.67. The van der Waals surface area contributed by atoms with Gasteiger partial charge >= 0.3 is 6.09 Å². The zero-order valence-corrected chi connectivity index (χ0v) is 16.7. The van der Waals surface area contributed by atoms with Gasteiger partial charge < -0.3 is 20.7 Å². The van der Waals surface area contributed by atoms with Crippen molar-refractivity contribution in [2.24, 2.45) is 5.92 Å². The molecule has 0 aromatic carbocycles. The standard InChI is InChI=1S/C16H22Cl3N3O4/c1-10(2)11-6-7-13(23)20-8-4-3-5-12(14(24)21-11)22-15(25)26-9-16(17,18)19/h3,5-7,10-12H,4,8-9H2,1-2H3,(H,20,23)(H,21,24)(H,22,25)/b5-3+,7-6+/t11-,12+/m1/s1. The Morgan fingerprint density at radius 3 is 2.65 bits per heavy atom. The van der Waals surface area contributed by atoms with E-state index in [0.29, 0.717) is 13.0 Å². The molecule has 0 bridgehead atoms. The van der Waals surface area contributed by atoms with Crippen molar-refractivity contribution >= 4 is 52.7 Å². The first kappa shape index (κ1) is 22.6. The van der Waals surface area contributed by atoms with Crippen LogP contribution >= 0.6 is 34.8 Å². The molecule has 3 N–H and O–H groups in total. The van der Waals surface area contributed by atoms with Crippen LogP contribution in [0, 0.1) is 5.92 Å². The SMILES string of the molecule is CC(C)[C@H]1/C=C/C(=O)NCC/C=C/[C@H](NC(=O)OCC(Cl)(Cl)Cl)C(=O)N1. The number of hydrogen-bond acceptors (Lipinski definition) is 4. The van der Waals surface area contributed by atoms with Crippen LogP contribution in [0.15, 0.2) is 24.3 Å². The van der Waals surface area contributed by atoms with Gasteiger partial charge in [0.2, 0.25) is 15.6 Å². The Morgan fingerprint density at radius 1 is 1.35 bits per heavy atom. The fraction of sp³-hybridized carbons (Fsp3) is 0.562. The lowest BCUT2D eigenvalue weighted by Gasteiger charge is -2.23. The molecular formula is C16H22Cl3N3O4. The van der Waals surface area contributed by atoms with Crippen molar-refractivity contribution in [2.45, 2.75) is 36.1 Å². The van der Waals surface area contributed by atoms with E-state index in [1.807, 2.05) is 13.8 Å². The highest BCUT2D eigenvalue weighted by atomic mass is 35.6. The van der Waals surface area contributed by atoms with E-state index < -0.39 is 28.4 Å². The molecule has 0 saturated carbocycles. The van der Waals surface area contributed by atoms with Gasteiger partial charge in [-0.15, -0.1) is 0 Å². The third-order valence-electron chi connectivity index (χ3n) is 3.34. The summed E-state index contributed by atoms with van der Waals surface area (Å²) >= 11 is 16.6. The number of ether oxygens (including phenoxy) is 1. The molecule has 1 rings (SSSR count). The second-order valence-electron chi connectivity index (χ2n) is 5.96. The molecular weight excluding hydrogens is 405 g/mol. The molecule has 0 radical (unpaired) electrons. The molecule has 7 nitrogen and oxygen atoms in total. The highest BCUT2D eigenvalue weighted by Gasteiger charge is 2.25. The van der Waals surface area contributed by atoms with E-state index in [-0.39, 0.29) is 17.9 Å². The zero-order valence-electron chi connectivity index (χ0n) is 14.4. The molecule has 2 atom stereocenters. The number of alkyl halides is 3. The van der Waals surface area contributed by atoms with E-state index in [1.54, 1.807) is 12.2 Å². The van der Waals surface area contributed by atoms with Crippen LogP contribution in [0.5, 0.6) is 0 Å². The van der Waals surface area contributed by atoms with Crippen LogP contribution < -0.4 is 16.0 Å². The fourth-order valence-corrected chi connectivity index (χ4v) is 2.13. The molecule has 1 aliphatic rings. The summed E-state index contributed by atoms with van der Waals surface area (Å²) in [5, 5.41) is 7.91. The summed E-state index contributed by atoms with van der Waals surface area (Å²) in [5.74, 6) is -0.646. The quantitative estimate of drug-likeness (QED) is 0.476. The van der Waals surface area contributed by atoms with Gasteiger partial charge in [-0.2, -0.15) is 0 Å². The van der Waals surface area contributed by atoms with Gasteiger partial charge in [0.25, 0.3) is 0 Å². The van der Waals surface area contributed by atoms with Gasteiger partial charge in [-0.25, -0.2) is 4.79 Å². The lowest BCUT2D eigenvalue weighted by Crippen LogP contribution is -2.50. The molecule has 26 heavy (non-hydrogen) atoms. The third kappa shape index (κ3) is 9.31. The minimum Gasteiger partial charge on any atom is -0.445 e. The van der Waals surface area contributed by atoms with Crippen LogP contribution in [0.1, 0.15) is 20.3 Å². The van der Waals surface area contributed by atoms with E-state index in [4.69, 9.17) is 39.5 Å². The van der Waals surface area contributed by atoms with E-state index in [2.05, 4.69) is 16.0 Å². The van der Waals surface area contributed by atoms with Crippen molar-refractivity contribution in [3.8, 4) is 0 Å². The normalized spacial score (nSPS) is 24.5. The van der Waals surface area contributed by atoms with Gasteiger partial charge in [-0.3, -0.25) is 9.59 Å². The summed E-state index contributed by atoms with van der Waals surface area (Å²) in [6.45, 7) is 3.74. The van der Waals surface area contributed by atoms with Crippen molar-refractivity contribution in [1.82, 2.24) is 16.0 Å². The molecule has 1 heterocycles. The van der Waals surface area contributed by atoms with Crippen molar-refractivity contribution < 1.29 is 19.1 Å². The van der Waals surface area contributed by atoms with E-state index in [9.17, 15) is 14.4 Å². The number of hydrogen-bond donors (Lipinski definition) is 3. The first-order chi connectivity index (χ1) is 12.1. The summed E-state index contributed by atoms with van der Waals surface area (Å²) in [7, 11) is 0. The Bertz CT molecular complexity index is 574. The predicted molar refractivity (Wildman–Crippen MR) is 101 cm³/mol. The molecule has 0 unspecified atom stereocenters. The molecule has 0 aliphatic carbocycles. The van der Waals surface area contributed by atoms with Gasteiger partial charge in [-0.05, 0) is 12.3 Å². The summed E-state index contributed by atoms with van der Waals surface area (Å²) in [4.78, 5) is 36.0. The Labute approximate surface area is 167 Å². The first-order valence-electron chi connectivity index (χ1n) is 8.01. The first-order valence-corrected chi connectivity index (χ1v) is 9.15. The lowest BCUT2D eigenvalue weighted by atomic mass is 10.0. The summed E-state index contributed by atoms with van der Waals surface area (Å²) in [6, 6.07) is -1.36. The highest BCUT2D eigenvalue weighted by Crippen LogP contribution is 2.25. The maximum Gasteiger partial charge on any atom is 0.408 e. The lowest BCUT2D eigenvalue weighted by molar-refractivity contribution is -0.122. The average molecular weight is 427 g/mol. The van der Waals surface area contributed by atoms with Gasteiger partial charge in [0.15, 0.2) is 0 Å². The summed E-state index contributed by atoms with van der Waals surface area (Å²) in [5.41, 5.74) is 0. The van der Waals surface area contributed by atoms with Crippen LogP contribution in [0.3, 0.4) is 0 Å². The smallest absolute Gasteiger partial charge is 0.408 e. The third-order valence-corrected chi connectivity index (χ3v) is 3.67. The molecule has 10 heteroatoms. The maximum absolute atomic E-state index is 12.5. The number of rotatable bonds is 3. The summed E-state index contributed by atoms with van der Waals surface area (Å²) in [6.07, 6.45) is 5.78. The van der Waals surface area contributed by atoms with E-state index in [1.165, 1.54) is 12.2 Å². The largest absolute Gasteiger partial charge is 0.445 e. The molecule has 146 valence electrons. The molecule has 0 aromatic rings. The molecule has 0 aromatic heterocycles. The van der Waals surface area contributed by atoms with Crippen LogP contribution in [0.4, 0.5) is 4.79 Å². The van der Waals surface area contributed by atoms with Crippen LogP contribution in [-0.2, 0) is 14.3 Å². The average Bonchev–Trinajstić information content (AvgIpc) is 2.53. The maximum atomic E-state index is 12.5. The minimum atomic E-state index is -1.74. The zero-order chi connectivity index (χ0) is 19.7. The molecule has 3 amide bonds. The van der Waals surface area contributed by atoms with E-state index >= 15 is 0 Å². The Kier molecular flexibility index (Phi) is 9.25. The molecule has 1 aliphatic heterocycles. The minimum absolute atomic E-state index is 0.0342. The summed E-state index contributed by atoms with van der Waals surface area (Å²) < 4.78 is 3.05. The molecule has 0 fully saturated rings. The van der Waals surface area contributed by atoms with Crippen LogP contribution in [0.2, 0.25) is 0 Å². The van der Waals surface area contributed by atoms with Crippen LogP contribution in [-0.4, -0.2) is 46.9 Å². The van der Waals surface area contributed by atoms with E-state index in [0.717, 1.165) is 0 Å². The molecule has 0 saturated heterocycles. The van der Waals surface area contributed by atoms with Gasteiger partial charge in [0.1, 0.15) is 12.6 Å². The number of halogens is 3. The van der Waals surface area contributed by atoms with Gasteiger partial charge in [0.05, 0.1) is 0 Å². The number of carbonyl (C=O) groups is 3. The second-order valence-corrected chi connectivity index (χ2v) is 8.47. The van der Waals surface area contributed by atoms with Crippen molar-refractivity contribution in [3.05, 3.63) is 24.3 Å². The van der Waals surface area contributed by atoms with Crippen molar-refractivity contribution in [1.29, 1.82) is 0 Å². The predicted octanol–water partition coefficient (Wildman–Crippen LogP) is 2.22. The fourth-order valence-electron chi connectivity index (χ4n) is 1.97. The Balaban J connectivity index is 2.84. The van der Waals surface area contributed by atoms with Gasteiger partial charge in [-0.1, -0.05) is 66.9 Å². The number of carbonyl (C=O) groups excluding carboxylic acids is 3. The second kappa shape index (κ2) is 10.6. The Morgan fingerprint density at radius 2 is 2.04 bits per heavy atom. The Hall–Kier alpha value is -1.44. The molecule has 0 spiro atoms. The topological polar surface area (TPSA) is 96.5 Å².